The Morgan fingerprint density at radius 1 is 1.50 bits per heavy atom. The molecule has 0 fully saturated rings. The maximum Gasteiger partial charge on any atom is 0.389 e. The molecule has 0 saturated carbocycles. The number of hydrogen-bond donors (Lipinski definition) is 0. The van der Waals surface area contributed by atoms with Crippen LogP contribution in [0.1, 0.15) is 19.8 Å². The first-order chi connectivity index (χ1) is 5.45. The molecule has 0 aromatic rings. The van der Waals surface area contributed by atoms with Gasteiger partial charge in [-0.1, -0.05) is 0 Å². The van der Waals surface area contributed by atoms with Gasteiger partial charge in [0.25, 0.3) is 0 Å². The van der Waals surface area contributed by atoms with E-state index in [0.717, 1.165) is 0 Å². The van der Waals surface area contributed by atoms with E-state index in [1.807, 2.05) is 0 Å². The summed E-state index contributed by atoms with van der Waals surface area (Å²) in [5, 5.41) is 8.20. The second-order valence-corrected chi connectivity index (χ2v) is 2.36. The highest BCUT2D eigenvalue weighted by Crippen LogP contribution is 2.21. The van der Waals surface area contributed by atoms with Gasteiger partial charge >= 0.3 is 6.18 Å². The molecule has 0 aromatic heterocycles. The largest absolute Gasteiger partial charge is 0.389 e. The monoisotopic (exact) mass is 181 g/mol. The van der Waals surface area contributed by atoms with E-state index in [1.165, 1.54) is 6.92 Å². The van der Waals surface area contributed by atoms with Gasteiger partial charge in [0.1, 0.15) is 6.10 Å². The quantitative estimate of drug-likeness (QED) is 0.623. The van der Waals surface area contributed by atoms with E-state index in [9.17, 15) is 13.2 Å². The second-order valence-electron chi connectivity index (χ2n) is 2.36. The Hall–Kier alpha value is -0.760. The van der Waals surface area contributed by atoms with Gasteiger partial charge < -0.3 is 4.74 Å². The Labute approximate surface area is 68.9 Å². The highest BCUT2D eigenvalue weighted by Gasteiger charge is 2.25. The predicted molar refractivity (Wildman–Crippen MR) is 36.3 cm³/mol. The summed E-state index contributed by atoms with van der Waals surface area (Å²) >= 11 is 0. The summed E-state index contributed by atoms with van der Waals surface area (Å²) in [7, 11) is 0. The highest BCUT2D eigenvalue weighted by molar-refractivity contribution is 4.78. The van der Waals surface area contributed by atoms with Gasteiger partial charge in [0.05, 0.1) is 6.07 Å². The molecule has 0 saturated heterocycles. The first-order valence-corrected chi connectivity index (χ1v) is 3.53. The van der Waals surface area contributed by atoms with Crippen LogP contribution < -0.4 is 0 Å². The molecule has 1 unspecified atom stereocenters. The van der Waals surface area contributed by atoms with Crippen LogP contribution in [-0.2, 0) is 4.74 Å². The number of nitrogens with zero attached hydrogens (tertiary/aromatic N) is 1. The van der Waals surface area contributed by atoms with Crippen molar-refractivity contribution in [3.8, 4) is 6.07 Å². The van der Waals surface area contributed by atoms with Crippen LogP contribution in [0.5, 0.6) is 0 Å². The normalized spacial score (nSPS) is 13.9. The van der Waals surface area contributed by atoms with Crippen LogP contribution >= 0.6 is 0 Å². The van der Waals surface area contributed by atoms with Crippen molar-refractivity contribution in [2.24, 2.45) is 0 Å². The topological polar surface area (TPSA) is 33.0 Å². The molecular formula is C7H10F3NO. The van der Waals surface area contributed by atoms with Crippen molar-refractivity contribution in [1.29, 1.82) is 5.26 Å². The lowest BCUT2D eigenvalue weighted by Gasteiger charge is -2.07. The first kappa shape index (κ1) is 11.2. The zero-order valence-electron chi connectivity index (χ0n) is 6.69. The smallest absolute Gasteiger partial charge is 0.364 e. The van der Waals surface area contributed by atoms with Gasteiger partial charge in [-0.3, -0.25) is 0 Å². The zero-order chi connectivity index (χ0) is 9.61. The maximum atomic E-state index is 11.5. The molecule has 5 heteroatoms. The summed E-state index contributed by atoms with van der Waals surface area (Å²) in [5.74, 6) is 0. The van der Waals surface area contributed by atoms with E-state index in [2.05, 4.69) is 0 Å². The van der Waals surface area contributed by atoms with E-state index < -0.39 is 18.7 Å². The summed E-state index contributed by atoms with van der Waals surface area (Å²) in [5.41, 5.74) is 0. The minimum atomic E-state index is -4.13. The Morgan fingerprint density at radius 2 is 2.08 bits per heavy atom. The van der Waals surface area contributed by atoms with Gasteiger partial charge in [-0.2, -0.15) is 18.4 Å². The lowest BCUT2D eigenvalue weighted by Crippen LogP contribution is -2.11. The molecule has 0 radical (unpaired) electrons. The first-order valence-electron chi connectivity index (χ1n) is 3.53. The third kappa shape index (κ3) is 7.35. The van der Waals surface area contributed by atoms with Gasteiger partial charge in [0.2, 0.25) is 0 Å². The Morgan fingerprint density at radius 3 is 2.50 bits per heavy atom. The van der Waals surface area contributed by atoms with Gasteiger partial charge in [-0.15, -0.1) is 0 Å². The lowest BCUT2D eigenvalue weighted by molar-refractivity contribution is -0.138. The van der Waals surface area contributed by atoms with Crippen molar-refractivity contribution < 1.29 is 17.9 Å². The SMILES string of the molecule is CC(C#N)OCCCC(F)(F)F. The fourth-order valence-electron chi connectivity index (χ4n) is 0.570. The van der Waals surface area contributed by atoms with Crippen LogP contribution in [0, 0.1) is 11.3 Å². The van der Waals surface area contributed by atoms with Crippen LogP contribution in [-0.4, -0.2) is 18.9 Å². The Kier molecular flexibility index (Phi) is 4.67. The number of hydrogen-bond acceptors (Lipinski definition) is 2. The predicted octanol–water partition coefficient (Wildman–Crippen LogP) is 2.26. The number of ether oxygens (including phenoxy) is 1. The summed E-state index contributed by atoms with van der Waals surface area (Å²) < 4.78 is 39.3. The lowest BCUT2D eigenvalue weighted by atomic mass is 10.3. The van der Waals surface area contributed by atoms with E-state index >= 15 is 0 Å². The average molecular weight is 181 g/mol. The maximum absolute atomic E-state index is 11.5. The van der Waals surface area contributed by atoms with Crippen LogP contribution in [0.15, 0.2) is 0 Å². The molecule has 0 bridgehead atoms. The molecule has 0 aliphatic rings. The van der Waals surface area contributed by atoms with Gasteiger partial charge in [0, 0.05) is 13.0 Å². The van der Waals surface area contributed by atoms with Crippen molar-refractivity contribution in [2.75, 3.05) is 6.61 Å². The Balaban J connectivity index is 3.29. The van der Waals surface area contributed by atoms with Crippen LogP contribution in [0.4, 0.5) is 13.2 Å². The van der Waals surface area contributed by atoms with Crippen LogP contribution in [0.25, 0.3) is 0 Å². The standard InChI is InChI=1S/C7H10F3NO/c1-6(5-11)12-4-2-3-7(8,9)10/h6H,2-4H2,1H3. The van der Waals surface area contributed by atoms with E-state index in [1.54, 1.807) is 6.07 Å². The fraction of sp³-hybridized carbons (Fsp3) is 0.857. The summed E-state index contributed by atoms with van der Waals surface area (Å²) in [6.07, 6.45) is -5.70. The second kappa shape index (κ2) is 4.99. The van der Waals surface area contributed by atoms with E-state index in [-0.39, 0.29) is 13.0 Å². The Bertz CT molecular complexity index is 161. The number of rotatable bonds is 4. The molecule has 0 rings (SSSR count). The number of alkyl halides is 3. The van der Waals surface area contributed by atoms with Gasteiger partial charge in [-0.25, -0.2) is 0 Å². The molecular weight excluding hydrogens is 171 g/mol. The summed E-state index contributed by atoms with van der Waals surface area (Å²) in [4.78, 5) is 0. The van der Waals surface area contributed by atoms with Crippen LogP contribution in [0.2, 0.25) is 0 Å². The third-order valence-electron chi connectivity index (χ3n) is 1.15. The van der Waals surface area contributed by atoms with Crippen molar-refractivity contribution in [3.63, 3.8) is 0 Å². The average Bonchev–Trinajstić information content (AvgIpc) is 1.96. The molecule has 70 valence electrons. The molecule has 0 spiro atoms. The van der Waals surface area contributed by atoms with Crippen molar-refractivity contribution >= 4 is 0 Å². The van der Waals surface area contributed by atoms with Crippen molar-refractivity contribution in [3.05, 3.63) is 0 Å². The van der Waals surface area contributed by atoms with E-state index in [0.29, 0.717) is 0 Å². The zero-order valence-corrected chi connectivity index (χ0v) is 6.69. The van der Waals surface area contributed by atoms with E-state index in [4.69, 9.17) is 10.00 Å². The highest BCUT2D eigenvalue weighted by atomic mass is 19.4. The van der Waals surface area contributed by atoms with Crippen LogP contribution in [0.3, 0.4) is 0 Å². The van der Waals surface area contributed by atoms with Crippen molar-refractivity contribution in [2.45, 2.75) is 32.0 Å². The molecule has 0 amide bonds. The third-order valence-corrected chi connectivity index (χ3v) is 1.15. The minimum Gasteiger partial charge on any atom is -0.364 e. The van der Waals surface area contributed by atoms with Gasteiger partial charge in [-0.05, 0) is 13.3 Å². The van der Waals surface area contributed by atoms with Gasteiger partial charge in [0.15, 0.2) is 0 Å². The molecule has 0 aliphatic carbocycles. The number of nitriles is 1. The minimum absolute atomic E-state index is 0.0196. The molecule has 1 atom stereocenters. The summed E-state index contributed by atoms with van der Waals surface area (Å²) in [6, 6.07) is 1.76. The molecule has 0 aromatic carbocycles. The van der Waals surface area contributed by atoms with Crippen molar-refractivity contribution in [1.82, 2.24) is 0 Å². The summed E-state index contributed by atoms with van der Waals surface area (Å²) in [6.45, 7) is 1.47. The number of halogens is 3. The fourth-order valence-corrected chi connectivity index (χ4v) is 0.570. The molecule has 2 nitrogen and oxygen atoms in total. The molecule has 0 aliphatic heterocycles. The molecule has 12 heavy (non-hydrogen) atoms. The molecule has 0 heterocycles. The molecule has 0 N–H and O–H groups in total.